The quantitative estimate of drug-likeness (QED) is 0.226. The van der Waals surface area contributed by atoms with Gasteiger partial charge in [-0.05, 0) is 75.6 Å². The van der Waals surface area contributed by atoms with Crippen molar-refractivity contribution < 1.29 is 27.4 Å². The third kappa shape index (κ3) is 7.53. The van der Waals surface area contributed by atoms with E-state index in [-0.39, 0.29) is 11.3 Å². The van der Waals surface area contributed by atoms with Gasteiger partial charge in [-0.1, -0.05) is 29.8 Å². The van der Waals surface area contributed by atoms with E-state index < -0.39 is 17.6 Å². The third-order valence-electron chi connectivity index (χ3n) is 5.86. The van der Waals surface area contributed by atoms with Crippen LogP contribution >= 0.6 is 27.5 Å². The van der Waals surface area contributed by atoms with Gasteiger partial charge in [0, 0.05) is 18.1 Å². The van der Waals surface area contributed by atoms with E-state index in [0.717, 1.165) is 17.7 Å². The summed E-state index contributed by atoms with van der Waals surface area (Å²) >= 11 is 9.34. The highest BCUT2D eigenvalue weighted by molar-refractivity contribution is 9.10. The van der Waals surface area contributed by atoms with E-state index in [2.05, 4.69) is 21.2 Å². The second-order valence-corrected chi connectivity index (χ2v) is 9.85. The number of nitriles is 1. The number of anilines is 2. The molecular formula is C28H22BrClF3N3O3. The number of carbonyl (C=O) groups excluding carboxylic acids is 1. The van der Waals surface area contributed by atoms with Crippen LogP contribution in [0.1, 0.15) is 16.7 Å². The molecule has 1 aliphatic rings. The van der Waals surface area contributed by atoms with Gasteiger partial charge in [-0.15, -0.1) is 0 Å². The number of benzene rings is 3. The van der Waals surface area contributed by atoms with Crippen LogP contribution in [0.3, 0.4) is 0 Å². The molecule has 1 amide bonds. The molecule has 4 rings (SSSR count). The van der Waals surface area contributed by atoms with Gasteiger partial charge in [-0.25, -0.2) is 0 Å². The van der Waals surface area contributed by atoms with Gasteiger partial charge in [-0.3, -0.25) is 4.79 Å². The number of amides is 1. The maximum atomic E-state index is 13.4. The minimum absolute atomic E-state index is 0.0370. The van der Waals surface area contributed by atoms with Gasteiger partial charge in [0.2, 0.25) is 0 Å². The smallest absolute Gasteiger partial charge is 0.416 e. The Morgan fingerprint density at radius 1 is 1.13 bits per heavy atom. The van der Waals surface area contributed by atoms with Gasteiger partial charge in [0.25, 0.3) is 5.91 Å². The second-order valence-electron chi connectivity index (χ2n) is 8.56. The van der Waals surface area contributed by atoms with E-state index in [1.54, 1.807) is 30.3 Å². The van der Waals surface area contributed by atoms with Crippen LogP contribution in [-0.4, -0.2) is 32.2 Å². The standard InChI is InChI=1S/C28H22BrClF3N3O3/c29-23-14-19(3-8-26(23)39-17-18-1-5-22(30)6-2-18)13-20(16-34)27(37)35-24-15-21(28(31,32)33)4-7-25(24)36-9-11-38-12-10-36/h1-8,13-15H,9-12,17H2,(H,35,37)/b20-13+. The average molecular weight is 621 g/mol. The summed E-state index contributed by atoms with van der Waals surface area (Å²) in [5.41, 5.74) is 0.638. The molecule has 11 heteroatoms. The number of hydrogen-bond donors (Lipinski definition) is 1. The van der Waals surface area contributed by atoms with Crippen molar-refractivity contribution in [2.24, 2.45) is 0 Å². The minimum Gasteiger partial charge on any atom is -0.488 e. The van der Waals surface area contributed by atoms with Crippen molar-refractivity contribution >= 4 is 50.9 Å². The predicted octanol–water partition coefficient (Wildman–Crippen LogP) is 7.08. The van der Waals surface area contributed by atoms with Crippen molar-refractivity contribution in [3.05, 3.63) is 92.4 Å². The molecule has 0 atom stereocenters. The normalized spacial score (nSPS) is 14.1. The fourth-order valence-electron chi connectivity index (χ4n) is 3.86. The molecule has 1 N–H and O–H groups in total. The second kappa shape index (κ2) is 12.6. The molecule has 39 heavy (non-hydrogen) atoms. The molecule has 6 nitrogen and oxygen atoms in total. The maximum absolute atomic E-state index is 13.4. The summed E-state index contributed by atoms with van der Waals surface area (Å²) in [4.78, 5) is 14.8. The molecule has 1 fully saturated rings. The van der Waals surface area contributed by atoms with E-state index in [4.69, 9.17) is 21.1 Å². The molecule has 0 spiro atoms. The Morgan fingerprint density at radius 2 is 1.85 bits per heavy atom. The number of nitrogens with one attached hydrogen (secondary N) is 1. The first kappa shape index (κ1) is 28.5. The Bertz CT molecular complexity index is 1420. The van der Waals surface area contributed by atoms with Crippen LogP contribution < -0.4 is 15.0 Å². The Hall–Kier alpha value is -3.52. The number of nitrogens with zero attached hydrogens (tertiary/aromatic N) is 2. The summed E-state index contributed by atoms with van der Waals surface area (Å²) in [6.07, 6.45) is -3.24. The number of rotatable bonds is 7. The Morgan fingerprint density at radius 3 is 2.49 bits per heavy atom. The molecule has 3 aromatic rings. The summed E-state index contributed by atoms with van der Waals surface area (Å²) in [5.74, 6) is -0.283. The van der Waals surface area contributed by atoms with E-state index in [9.17, 15) is 23.2 Å². The van der Waals surface area contributed by atoms with Crippen molar-refractivity contribution in [1.29, 1.82) is 5.26 Å². The lowest BCUT2D eigenvalue weighted by Gasteiger charge is -2.31. The van der Waals surface area contributed by atoms with Crippen molar-refractivity contribution in [2.75, 3.05) is 36.5 Å². The van der Waals surface area contributed by atoms with E-state index in [1.807, 2.05) is 23.1 Å². The number of hydrogen-bond acceptors (Lipinski definition) is 5. The van der Waals surface area contributed by atoms with E-state index in [0.29, 0.717) is 59.4 Å². The molecule has 0 aliphatic carbocycles. The highest BCUT2D eigenvalue weighted by Gasteiger charge is 2.32. The molecule has 3 aromatic carbocycles. The van der Waals surface area contributed by atoms with Crippen LogP contribution in [0.25, 0.3) is 6.08 Å². The first-order valence-corrected chi connectivity index (χ1v) is 12.9. The Balaban J connectivity index is 1.53. The number of halogens is 5. The molecule has 1 aliphatic heterocycles. The van der Waals surface area contributed by atoms with Crippen LogP contribution in [-0.2, 0) is 22.3 Å². The zero-order chi connectivity index (χ0) is 28.0. The molecule has 1 heterocycles. The van der Waals surface area contributed by atoms with Crippen LogP contribution in [0.5, 0.6) is 5.75 Å². The summed E-state index contributed by atoms with van der Waals surface area (Å²) in [6.45, 7) is 2.03. The summed E-state index contributed by atoms with van der Waals surface area (Å²) < 4.78 is 51.9. The molecule has 0 bridgehead atoms. The van der Waals surface area contributed by atoms with Crippen molar-refractivity contribution in [1.82, 2.24) is 0 Å². The Labute approximate surface area is 236 Å². The lowest BCUT2D eigenvalue weighted by Crippen LogP contribution is -2.37. The van der Waals surface area contributed by atoms with E-state index >= 15 is 0 Å². The topological polar surface area (TPSA) is 74.6 Å². The summed E-state index contributed by atoms with van der Waals surface area (Å²) in [5, 5.41) is 12.8. The molecule has 0 unspecified atom stereocenters. The number of ether oxygens (including phenoxy) is 2. The van der Waals surface area contributed by atoms with Crippen LogP contribution in [0, 0.1) is 11.3 Å². The molecule has 1 saturated heterocycles. The van der Waals surface area contributed by atoms with Gasteiger partial charge < -0.3 is 19.7 Å². The summed E-state index contributed by atoms with van der Waals surface area (Å²) in [7, 11) is 0. The van der Waals surface area contributed by atoms with Crippen LogP contribution in [0.2, 0.25) is 5.02 Å². The van der Waals surface area contributed by atoms with Crippen molar-refractivity contribution in [3.8, 4) is 11.8 Å². The lowest BCUT2D eigenvalue weighted by atomic mass is 10.1. The average Bonchev–Trinajstić information content (AvgIpc) is 2.92. The molecule has 0 saturated carbocycles. The zero-order valence-electron chi connectivity index (χ0n) is 20.4. The molecule has 202 valence electrons. The van der Waals surface area contributed by atoms with Gasteiger partial charge >= 0.3 is 6.18 Å². The van der Waals surface area contributed by atoms with Crippen LogP contribution in [0.4, 0.5) is 24.5 Å². The first-order valence-electron chi connectivity index (χ1n) is 11.8. The molecule has 0 aromatic heterocycles. The first-order chi connectivity index (χ1) is 18.6. The fourth-order valence-corrected chi connectivity index (χ4v) is 4.50. The number of morpholine rings is 1. The van der Waals surface area contributed by atoms with Gasteiger partial charge in [0.15, 0.2) is 0 Å². The monoisotopic (exact) mass is 619 g/mol. The fraction of sp³-hybridized carbons (Fsp3) is 0.214. The third-order valence-corrected chi connectivity index (χ3v) is 6.74. The SMILES string of the molecule is N#C/C(=C\c1ccc(OCc2ccc(Cl)cc2)c(Br)c1)C(=O)Nc1cc(C(F)(F)F)ccc1N1CCOCC1. The largest absolute Gasteiger partial charge is 0.488 e. The maximum Gasteiger partial charge on any atom is 0.416 e. The minimum atomic E-state index is -4.60. The predicted molar refractivity (Wildman–Crippen MR) is 147 cm³/mol. The van der Waals surface area contributed by atoms with Gasteiger partial charge in [0.05, 0.1) is 34.6 Å². The van der Waals surface area contributed by atoms with E-state index in [1.165, 1.54) is 12.1 Å². The molecular weight excluding hydrogens is 599 g/mol. The lowest BCUT2D eigenvalue weighted by molar-refractivity contribution is -0.137. The summed E-state index contributed by atoms with van der Waals surface area (Å²) in [6, 6.07) is 17.2. The van der Waals surface area contributed by atoms with Crippen LogP contribution in [0.15, 0.2) is 70.7 Å². The van der Waals surface area contributed by atoms with Crippen molar-refractivity contribution in [2.45, 2.75) is 12.8 Å². The van der Waals surface area contributed by atoms with Gasteiger partial charge in [-0.2, -0.15) is 18.4 Å². The highest BCUT2D eigenvalue weighted by atomic mass is 79.9. The molecule has 0 radical (unpaired) electrons. The van der Waals surface area contributed by atoms with Gasteiger partial charge in [0.1, 0.15) is 24.0 Å². The number of carbonyl (C=O) groups is 1. The van der Waals surface area contributed by atoms with Crippen molar-refractivity contribution in [3.63, 3.8) is 0 Å². The highest BCUT2D eigenvalue weighted by Crippen LogP contribution is 2.36. The zero-order valence-corrected chi connectivity index (χ0v) is 22.7. The Kier molecular flexibility index (Phi) is 9.17. The number of alkyl halides is 3.